The number of para-hydroxylation sites is 1. The molecule has 0 amide bonds. The lowest BCUT2D eigenvalue weighted by Gasteiger charge is -2.27. The third-order valence-corrected chi connectivity index (χ3v) is 5.59. The predicted molar refractivity (Wildman–Crippen MR) is 115 cm³/mol. The third-order valence-electron chi connectivity index (χ3n) is 5.36. The van der Waals surface area contributed by atoms with Crippen LogP contribution in [0.3, 0.4) is 0 Å². The van der Waals surface area contributed by atoms with Crippen LogP contribution < -0.4 is 0 Å². The molecule has 5 rings (SSSR count). The minimum atomic E-state index is 0. The van der Waals surface area contributed by atoms with E-state index in [4.69, 9.17) is 16.6 Å². The van der Waals surface area contributed by atoms with Crippen molar-refractivity contribution in [3.05, 3.63) is 76.6 Å². The maximum absolute atomic E-state index is 6.21. The fourth-order valence-corrected chi connectivity index (χ4v) is 4.13. The summed E-state index contributed by atoms with van der Waals surface area (Å²) in [6.07, 6.45) is 2.04. The van der Waals surface area contributed by atoms with Crippen molar-refractivity contribution in [2.24, 2.45) is 0 Å². The molecule has 138 valence electrons. The second-order valence-corrected chi connectivity index (χ2v) is 7.48. The number of H-pyrrole nitrogens is 1. The summed E-state index contributed by atoms with van der Waals surface area (Å²) < 4.78 is 0. The maximum atomic E-state index is 6.21. The molecule has 0 radical (unpaired) electrons. The number of nitrogens with one attached hydrogen (secondary N) is 1. The van der Waals surface area contributed by atoms with Gasteiger partial charge in [0, 0.05) is 65.2 Å². The third kappa shape index (κ3) is 3.55. The number of halogens is 2. The van der Waals surface area contributed by atoms with Crippen LogP contribution in [0.5, 0.6) is 0 Å². The molecular formula is C22H21Cl2N3. The zero-order chi connectivity index (χ0) is 17.5. The Bertz CT molecular complexity index is 1100. The molecule has 27 heavy (non-hydrogen) atoms. The normalized spacial score (nSPS) is 14.3. The number of hydrogen-bond acceptors (Lipinski definition) is 2. The Kier molecular flexibility index (Phi) is 5.09. The molecule has 4 aromatic rings. The molecule has 0 unspecified atom stereocenters. The molecule has 0 saturated heterocycles. The second-order valence-electron chi connectivity index (χ2n) is 7.04. The van der Waals surface area contributed by atoms with Gasteiger partial charge < -0.3 is 4.98 Å². The predicted octanol–water partition coefficient (Wildman–Crippen LogP) is 5.39. The van der Waals surface area contributed by atoms with Crippen LogP contribution in [-0.4, -0.2) is 28.0 Å². The highest BCUT2D eigenvalue weighted by molar-refractivity contribution is 6.31. The summed E-state index contributed by atoms with van der Waals surface area (Å²) in [5.41, 5.74) is 6.20. The molecule has 1 N–H and O–H groups in total. The molecule has 3 heterocycles. The largest absolute Gasteiger partial charge is 0.358 e. The number of hydrogen-bond donors (Lipinski definition) is 1. The number of benzene rings is 2. The number of aromatic amines is 1. The molecule has 0 saturated carbocycles. The van der Waals surface area contributed by atoms with E-state index in [1.54, 1.807) is 0 Å². The Morgan fingerprint density at radius 3 is 2.89 bits per heavy atom. The molecule has 0 atom stereocenters. The molecule has 0 aliphatic carbocycles. The van der Waals surface area contributed by atoms with Crippen molar-refractivity contribution in [3.8, 4) is 0 Å². The molecule has 3 nitrogen and oxygen atoms in total. The molecule has 1 aliphatic heterocycles. The Morgan fingerprint density at radius 1 is 1.07 bits per heavy atom. The van der Waals surface area contributed by atoms with Crippen LogP contribution in [0.1, 0.15) is 17.0 Å². The quantitative estimate of drug-likeness (QED) is 0.502. The van der Waals surface area contributed by atoms with Gasteiger partial charge in [-0.2, -0.15) is 0 Å². The van der Waals surface area contributed by atoms with E-state index in [1.807, 2.05) is 12.1 Å². The molecule has 5 heteroatoms. The summed E-state index contributed by atoms with van der Waals surface area (Å²) in [5, 5.41) is 3.27. The Balaban J connectivity index is 0.00000180. The molecule has 1 aliphatic rings. The van der Waals surface area contributed by atoms with Gasteiger partial charge in [0.05, 0.1) is 5.52 Å². The summed E-state index contributed by atoms with van der Waals surface area (Å²) in [6.45, 7) is 3.09. The van der Waals surface area contributed by atoms with Gasteiger partial charge >= 0.3 is 0 Å². The average molecular weight is 398 g/mol. The summed E-state index contributed by atoms with van der Waals surface area (Å²) in [6, 6.07) is 18.8. The second kappa shape index (κ2) is 7.51. The van der Waals surface area contributed by atoms with Crippen LogP contribution in [-0.2, 0) is 19.4 Å². The SMILES string of the molecule is Cl.Clc1ccc2[nH]c3c(c2c1)CN(CCc1ccc2ccccc2n1)CC3. The first-order valence-electron chi connectivity index (χ1n) is 9.12. The van der Waals surface area contributed by atoms with Gasteiger partial charge in [-0.1, -0.05) is 35.9 Å². The first-order chi connectivity index (χ1) is 12.8. The van der Waals surface area contributed by atoms with Crippen LogP contribution in [0.4, 0.5) is 0 Å². The van der Waals surface area contributed by atoms with Gasteiger partial charge in [-0.05, 0) is 35.9 Å². The summed E-state index contributed by atoms with van der Waals surface area (Å²) in [7, 11) is 0. The van der Waals surface area contributed by atoms with E-state index >= 15 is 0 Å². The molecule has 0 spiro atoms. The van der Waals surface area contributed by atoms with Crippen LogP contribution >= 0.6 is 24.0 Å². The number of fused-ring (bicyclic) bond motifs is 4. The highest BCUT2D eigenvalue weighted by Gasteiger charge is 2.20. The zero-order valence-electron chi connectivity index (χ0n) is 14.9. The first-order valence-corrected chi connectivity index (χ1v) is 9.50. The zero-order valence-corrected chi connectivity index (χ0v) is 16.5. The Morgan fingerprint density at radius 2 is 1.96 bits per heavy atom. The van der Waals surface area contributed by atoms with Crippen LogP contribution in [0.15, 0.2) is 54.6 Å². The summed E-state index contributed by atoms with van der Waals surface area (Å²) in [4.78, 5) is 10.9. The summed E-state index contributed by atoms with van der Waals surface area (Å²) >= 11 is 6.21. The van der Waals surface area contributed by atoms with E-state index in [9.17, 15) is 0 Å². The fraction of sp³-hybridized carbons (Fsp3) is 0.227. The molecule has 2 aromatic heterocycles. The van der Waals surface area contributed by atoms with E-state index in [-0.39, 0.29) is 12.4 Å². The molecule has 0 fully saturated rings. The molecule has 2 aromatic carbocycles. The van der Waals surface area contributed by atoms with Gasteiger partial charge in [0.25, 0.3) is 0 Å². The standard InChI is InChI=1S/C22H20ClN3.ClH/c23-16-6-8-21-18(13-16)19-14-26(12-10-22(19)25-21)11-9-17-7-5-15-3-1-2-4-20(15)24-17;/h1-8,13,25H,9-12,14H2;1H. The van der Waals surface area contributed by atoms with Crippen molar-refractivity contribution >= 4 is 45.8 Å². The fourth-order valence-electron chi connectivity index (χ4n) is 3.95. The minimum absolute atomic E-state index is 0. The lowest BCUT2D eigenvalue weighted by molar-refractivity contribution is 0.257. The van der Waals surface area contributed by atoms with Crippen molar-refractivity contribution in [2.75, 3.05) is 13.1 Å². The van der Waals surface area contributed by atoms with Crippen molar-refractivity contribution in [1.29, 1.82) is 0 Å². The van der Waals surface area contributed by atoms with Crippen molar-refractivity contribution in [2.45, 2.75) is 19.4 Å². The van der Waals surface area contributed by atoms with Crippen molar-refractivity contribution in [1.82, 2.24) is 14.9 Å². The van der Waals surface area contributed by atoms with Crippen molar-refractivity contribution in [3.63, 3.8) is 0 Å². The lowest BCUT2D eigenvalue weighted by atomic mass is 10.0. The van der Waals surface area contributed by atoms with Gasteiger partial charge in [0.1, 0.15) is 0 Å². The monoisotopic (exact) mass is 397 g/mol. The number of pyridine rings is 1. The van der Waals surface area contributed by atoms with E-state index in [0.717, 1.165) is 48.7 Å². The van der Waals surface area contributed by atoms with Gasteiger partial charge in [-0.25, -0.2) is 0 Å². The van der Waals surface area contributed by atoms with Gasteiger partial charge in [0.2, 0.25) is 0 Å². The molecular weight excluding hydrogens is 377 g/mol. The number of aromatic nitrogens is 2. The van der Waals surface area contributed by atoms with Gasteiger partial charge in [-0.3, -0.25) is 9.88 Å². The molecule has 0 bridgehead atoms. The minimum Gasteiger partial charge on any atom is -0.358 e. The Labute approximate surface area is 169 Å². The van der Waals surface area contributed by atoms with E-state index in [1.165, 1.54) is 27.5 Å². The van der Waals surface area contributed by atoms with E-state index in [0.29, 0.717) is 0 Å². The first kappa shape index (κ1) is 18.3. The summed E-state index contributed by atoms with van der Waals surface area (Å²) in [5.74, 6) is 0. The average Bonchev–Trinajstić information content (AvgIpc) is 3.03. The van der Waals surface area contributed by atoms with Gasteiger partial charge in [0.15, 0.2) is 0 Å². The maximum Gasteiger partial charge on any atom is 0.0705 e. The van der Waals surface area contributed by atoms with Crippen LogP contribution in [0.25, 0.3) is 21.8 Å². The van der Waals surface area contributed by atoms with Crippen molar-refractivity contribution < 1.29 is 0 Å². The lowest BCUT2D eigenvalue weighted by Crippen LogP contribution is -2.32. The van der Waals surface area contributed by atoms with Crippen LogP contribution in [0.2, 0.25) is 5.02 Å². The van der Waals surface area contributed by atoms with E-state index < -0.39 is 0 Å². The smallest absolute Gasteiger partial charge is 0.0705 e. The van der Waals surface area contributed by atoms with Crippen LogP contribution in [0, 0.1) is 0 Å². The highest BCUT2D eigenvalue weighted by atomic mass is 35.5. The number of nitrogens with zero attached hydrogens (tertiary/aromatic N) is 2. The highest BCUT2D eigenvalue weighted by Crippen LogP contribution is 2.29. The Hall–Kier alpha value is -2.07. The topological polar surface area (TPSA) is 31.9 Å². The van der Waals surface area contributed by atoms with E-state index in [2.05, 4.69) is 52.3 Å². The number of rotatable bonds is 3. The van der Waals surface area contributed by atoms with Gasteiger partial charge in [-0.15, -0.1) is 12.4 Å².